The number of anilines is 1. The van der Waals surface area contributed by atoms with Gasteiger partial charge in [-0.05, 0) is 30.7 Å². The predicted octanol–water partition coefficient (Wildman–Crippen LogP) is 3.56. The zero-order valence-electron chi connectivity index (χ0n) is 14.2. The molecule has 1 amide bonds. The third-order valence-corrected chi connectivity index (χ3v) is 5.33. The number of amides is 1. The molecule has 1 N–H and O–H groups in total. The van der Waals surface area contributed by atoms with Gasteiger partial charge < -0.3 is 5.32 Å². The van der Waals surface area contributed by atoms with Crippen LogP contribution in [0.1, 0.15) is 50.9 Å². The molecule has 0 saturated heterocycles. The van der Waals surface area contributed by atoms with Gasteiger partial charge in [0.2, 0.25) is 5.91 Å². The second kappa shape index (κ2) is 8.42. The number of hydrogen-bond donors (Lipinski definition) is 1. The SMILES string of the molecule is BC(C)(CC)C(=O)c1ccc(NC(=O)CSC(C)CC)cc1. The maximum absolute atomic E-state index is 12.4. The number of ketones is 1. The Kier molecular flexibility index (Phi) is 7.20. The Bertz CT molecular complexity index is 514. The number of benzene rings is 1. The van der Waals surface area contributed by atoms with Gasteiger partial charge in [-0.1, -0.05) is 34.1 Å². The van der Waals surface area contributed by atoms with Crippen LogP contribution in [0, 0.1) is 0 Å². The van der Waals surface area contributed by atoms with E-state index in [1.165, 1.54) is 0 Å². The van der Waals surface area contributed by atoms with Gasteiger partial charge in [0.15, 0.2) is 5.78 Å². The molecule has 0 radical (unpaired) electrons. The lowest BCUT2D eigenvalue weighted by Gasteiger charge is -2.21. The summed E-state index contributed by atoms with van der Waals surface area (Å²) >= 11 is 1.65. The molecule has 0 spiro atoms. The van der Waals surface area contributed by atoms with E-state index in [-0.39, 0.29) is 17.0 Å². The number of thioether (sulfide) groups is 1. The molecule has 0 fully saturated rings. The normalized spacial score (nSPS) is 14.9. The predicted molar refractivity (Wildman–Crippen MR) is 98.8 cm³/mol. The molecule has 22 heavy (non-hydrogen) atoms. The zero-order valence-corrected chi connectivity index (χ0v) is 15.0. The maximum atomic E-state index is 12.4. The number of nitrogens with one attached hydrogen (secondary N) is 1. The van der Waals surface area contributed by atoms with Crippen LogP contribution in [0.3, 0.4) is 0 Å². The molecule has 0 heterocycles. The fraction of sp³-hybridized carbons (Fsp3) is 0.529. The Labute approximate surface area is 139 Å². The highest BCUT2D eigenvalue weighted by Gasteiger charge is 2.26. The summed E-state index contributed by atoms with van der Waals surface area (Å²) in [4.78, 5) is 24.2. The van der Waals surface area contributed by atoms with E-state index in [0.717, 1.165) is 18.5 Å². The van der Waals surface area contributed by atoms with E-state index < -0.39 is 0 Å². The number of Topliss-reactive ketones (excluding diaryl/α,β-unsaturated/α-hetero) is 1. The first-order chi connectivity index (χ1) is 10.3. The summed E-state index contributed by atoms with van der Waals surface area (Å²) in [6, 6.07) is 7.17. The van der Waals surface area contributed by atoms with E-state index in [4.69, 9.17) is 0 Å². The van der Waals surface area contributed by atoms with Crippen LogP contribution in [0.2, 0.25) is 5.31 Å². The summed E-state index contributed by atoms with van der Waals surface area (Å²) < 4.78 is 0. The standard InChI is InChI=1S/C17H26BNO2S/c1-5-12(3)22-11-15(20)19-14-9-7-13(8-10-14)16(21)17(4,18)6-2/h7-10,12H,5-6,11,18H2,1-4H3,(H,19,20). The van der Waals surface area contributed by atoms with Crippen molar-refractivity contribution in [2.75, 3.05) is 11.1 Å². The number of carbonyl (C=O) groups excluding carboxylic acids is 2. The van der Waals surface area contributed by atoms with Gasteiger partial charge in [0.1, 0.15) is 7.85 Å². The first kappa shape index (κ1) is 18.8. The van der Waals surface area contributed by atoms with E-state index in [1.54, 1.807) is 36.0 Å². The fourth-order valence-corrected chi connectivity index (χ4v) is 2.53. The first-order valence-electron chi connectivity index (χ1n) is 7.86. The molecule has 0 saturated carbocycles. The molecule has 120 valence electrons. The molecule has 0 bridgehead atoms. The van der Waals surface area contributed by atoms with Gasteiger partial charge in [-0.25, -0.2) is 0 Å². The molecular formula is C17H26BNO2S. The minimum atomic E-state index is -0.350. The third kappa shape index (κ3) is 5.52. The summed E-state index contributed by atoms with van der Waals surface area (Å²) in [6.07, 6.45) is 1.86. The Hall–Kier alpha value is -1.23. The summed E-state index contributed by atoms with van der Waals surface area (Å²) in [7, 11) is 1.96. The average Bonchev–Trinajstić information content (AvgIpc) is 2.52. The fourth-order valence-electron chi connectivity index (χ4n) is 1.79. The Morgan fingerprint density at radius 2 is 1.86 bits per heavy atom. The zero-order chi connectivity index (χ0) is 16.8. The van der Waals surface area contributed by atoms with Gasteiger partial charge in [-0.2, -0.15) is 0 Å². The Balaban J connectivity index is 2.62. The minimum Gasteiger partial charge on any atom is -0.325 e. The van der Waals surface area contributed by atoms with Gasteiger partial charge in [0.05, 0.1) is 5.75 Å². The van der Waals surface area contributed by atoms with Gasteiger partial charge in [-0.15, -0.1) is 11.8 Å². The van der Waals surface area contributed by atoms with E-state index in [2.05, 4.69) is 19.2 Å². The highest BCUT2D eigenvalue weighted by molar-refractivity contribution is 8.00. The largest absolute Gasteiger partial charge is 0.325 e. The van der Waals surface area contributed by atoms with Crippen LogP contribution >= 0.6 is 11.8 Å². The van der Waals surface area contributed by atoms with E-state index in [9.17, 15) is 9.59 Å². The molecule has 1 rings (SSSR count). The average molecular weight is 319 g/mol. The second-order valence-electron chi connectivity index (χ2n) is 6.22. The molecule has 1 aromatic rings. The van der Waals surface area contributed by atoms with Crippen molar-refractivity contribution >= 4 is 37.0 Å². The Morgan fingerprint density at radius 1 is 1.27 bits per heavy atom. The van der Waals surface area contributed by atoms with Gasteiger partial charge in [0, 0.05) is 21.8 Å². The molecule has 0 aliphatic rings. The van der Waals surface area contributed by atoms with Crippen LogP contribution in [0.15, 0.2) is 24.3 Å². The van der Waals surface area contributed by atoms with Crippen molar-refractivity contribution in [2.24, 2.45) is 0 Å². The molecule has 1 aromatic carbocycles. The third-order valence-electron chi connectivity index (χ3n) is 4.00. The molecule has 3 nitrogen and oxygen atoms in total. The monoisotopic (exact) mass is 319 g/mol. The summed E-state index contributed by atoms with van der Waals surface area (Å²) in [6.45, 7) is 8.20. The second-order valence-corrected chi connectivity index (χ2v) is 7.65. The van der Waals surface area contributed by atoms with Crippen molar-refractivity contribution in [3.63, 3.8) is 0 Å². The molecular weight excluding hydrogens is 293 g/mol. The quantitative estimate of drug-likeness (QED) is 0.589. The van der Waals surface area contributed by atoms with Crippen molar-refractivity contribution in [1.82, 2.24) is 0 Å². The van der Waals surface area contributed by atoms with Crippen molar-refractivity contribution in [3.8, 4) is 0 Å². The number of rotatable bonds is 8. The van der Waals surface area contributed by atoms with Crippen LogP contribution in [-0.2, 0) is 4.79 Å². The van der Waals surface area contributed by atoms with Crippen LogP contribution in [0.5, 0.6) is 0 Å². The minimum absolute atomic E-state index is 0.00161. The van der Waals surface area contributed by atoms with Crippen molar-refractivity contribution in [1.29, 1.82) is 0 Å². The highest BCUT2D eigenvalue weighted by Crippen LogP contribution is 2.30. The summed E-state index contributed by atoms with van der Waals surface area (Å²) in [5.74, 6) is 0.594. The lowest BCUT2D eigenvalue weighted by atomic mass is 9.64. The number of hydrogen-bond acceptors (Lipinski definition) is 3. The van der Waals surface area contributed by atoms with Crippen LogP contribution in [0.25, 0.3) is 0 Å². The summed E-state index contributed by atoms with van der Waals surface area (Å²) in [5, 5.41) is 3.01. The summed E-state index contributed by atoms with van der Waals surface area (Å²) in [5.41, 5.74) is 1.43. The Morgan fingerprint density at radius 3 is 2.36 bits per heavy atom. The molecule has 5 heteroatoms. The maximum Gasteiger partial charge on any atom is 0.234 e. The number of carbonyl (C=O) groups is 2. The van der Waals surface area contributed by atoms with E-state index in [1.807, 2.05) is 21.7 Å². The molecule has 2 unspecified atom stereocenters. The smallest absolute Gasteiger partial charge is 0.234 e. The van der Waals surface area contributed by atoms with Crippen LogP contribution in [-0.4, -0.2) is 30.5 Å². The van der Waals surface area contributed by atoms with Gasteiger partial charge in [-0.3, -0.25) is 9.59 Å². The van der Waals surface area contributed by atoms with E-state index in [0.29, 0.717) is 16.6 Å². The molecule has 2 atom stereocenters. The van der Waals surface area contributed by atoms with Gasteiger partial charge >= 0.3 is 0 Å². The highest BCUT2D eigenvalue weighted by atomic mass is 32.2. The topological polar surface area (TPSA) is 46.2 Å². The van der Waals surface area contributed by atoms with Crippen molar-refractivity contribution in [2.45, 2.75) is 51.1 Å². The van der Waals surface area contributed by atoms with Crippen molar-refractivity contribution < 1.29 is 9.59 Å². The van der Waals surface area contributed by atoms with Crippen molar-refractivity contribution in [3.05, 3.63) is 29.8 Å². The van der Waals surface area contributed by atoms with Gasteiger partial charge in [0.25, 0.3) is 0 Å². The molecule has 0 aliphatic carbocycles. The molecule has 0 aromatic heterocycles. The molecule has 0 aliphatic heterocycles. The van der Waals surface area contributed by atoms with Crippen LogP contribution in [0.4, 0.5) is 5.69 Å². The first-order valence-corrected chi connectivity index (χ1v) is 8.91. The lowest BCUT2D eigenvalue weighted by molar-refractivity contribution is -0.113. The van der Waals surface area contributed by atoms with Crippen LogP contribution < -0.4 is 5.32 Å². The lowest BCUT2D eigenvalue weighted by Crippen LogP contribution is -2.20. The van der Waals surface area contributed by atoms with E-state index >= 15 is 0 Å².